The highest BCUT2D eigenvalue weighted by molar-refractivity contribution is 5.96. The number of nitrogens with zero attached hydrogens (tertiary/aromatic N) is 3. The number of aromatic nitrogens is 3. The molecule has 0 aliphatic heterocycles. The molecule has 0 bridgehead atoms. The van der Waals surface area contributed by atoms with Gasteiger partial charge >= 0.3 is 0 Å². The van der Waals surface area contributed by atoms with Gasteiger partial charge in [0.05, 0.1) is 19.9 Å². The number of imidazole rings is 1. The fourth-order valence-corrected chi connectivity index (χ4v) is 3.23. The third-order valence-corrected chi connectivity index (χ3v) is 4.85. The Bertz CT molecular complexity index is 1200. The van der Waals surface area contributed by atoms with E-state index in [0.29, 0.717) is 29.4 Å². The molecule has 0 aliphatic carbocycles. The number of anilines is 2. The Balaban J connectivity index is 1.72. The van der Waals surface area contributed by atoms with Crippen molar-refractivity contribution in [1.29, 1.82) is 0 Å². The van der Waals surface area contributed by atoms with Crippen LogP contribution in [0.15, 0.2) is 60.9 Å². The molecule has 152 valence electrons. The number of rotatable bonds is 7. The van der Waals surface area contributed by atoms with Gasteiger partial charge in [-0.1, -0.05) is 6.92 Å². The van der Waals surface area contributed by atoms with E-state index in [1.165, 1.54) is 0 Å². The molecule has 2 aromatic heterocycles. The first-order valence-electron chi connectivity index (χ1n) is 9.59. The lowest BCUT2D eigenvalue weighted by atomic mass is 10.1. The van der Waals surface area contributed by atoms with Crippen molar-refractivity contribution < 1.29 is 14.3 Å². The predicted molar refractivity (Wildman–Crippen MR) is 116 cm³/mol. The molecule has 0 unspecified atom stereocenters. The Hall–Kier alpha value is -3.87. The largest absolute Gasteiger partial charge is 0.493 e. The highest BCUT2D eigenvalue weighted by Gasteiger charge is 2.12. The second kappa shape index (κ2) is 8.24. The molecule has 7 heteroatoms. The molecule has 0 saturated carbocycles. The third-order valence-electron chi connectivity index (χ3n) is 4.85. The fourth-order valence-electron chi connectivity index (χ4n) is 3.23. The average molecular weight is 402 g/mol. The topological polar surface area (TPSA) is 77.8 Å². The van der Waals surface area contributed by atoms with Gasteiger partial charge in [0.1, 0.15) is 5.65 Å². The maximum absolute atomic E-state index is 11.9. The predicted octanol–water partition coefficient (Wildman–Crippen LogP) is 4.75. The number of hydrogen-bond donors (Lipinski definition) is 1. The van der Waals surface area contributed by atoms with Crippen LogP contribution in [0.5, 0.6) is 11.5 Å². The van der Waals surface area contributed by atoms with E-state index in [0.717, 1.165) is 22.6 Å². The Morgan fingerprint density at radius 3 is 2.50 bits per heavy atom. The lowest BCUT2D eigenvalue weighted by molar-refractivity contribution is 0.0988. The van der Waals surface area contributed by atoms with Gasteiger partial charge in [0.25, 0.3) is 0 Å². The number of fused-ring (bicyclic) bond motifs is 1. The highest BCUT2D eigenvalue weighted by Crippen LogP contribution is 2.32. The summed E-state index contributed by atoms with van der Waals surface area (Å²) in [6.07, 6.45) is 4.05. The lowest BCUT2D eigenvalue weighted by Crippen LogP contribution is -2.03. The molecule has 30 heavy (non-hydrogen) atoms. The second-order valence-electron chi connectivity index (χ2n) is 6.67. The first kappa shape index (κ1) is 19.4. The highest BCUT2D eigenvalue weighted by atomic mass is 16.5. The van der Waals surface area contributed by atoms with Crippen LogP contribution in [0.25, 0.3) is 16.9 Å². The summed E-state index contributed by atoms with van der Waals surface area (Å²) in [6.45, 7) is 1.86. The molecule has 0 spiro atoms. The molecule has 4 aromatic rings. The minimum Gasteiger partial charge on any atom is -0.493 e. The Kier molecular flexibility index (Phi) is 5.34. The Labute approximate surface area is 174 Å². The van der Waals surface area contributed by atoms with E-state index < -0.39 is 0 Å². The molecule has 0 saturated heterocycles. The van der Waals surface area contributed by atoms with Crippen molar-refractivity contribution in [1.82, 2.24) is 14.4 Å². The number of nitrogens with one attached hydrogen (secondary N) is 1. The monoisotopic (exact) mass is 402 g/mol. The van der Waals surface area contributed by atoms with Crippen molar-refractivity contribution in [3.8, 4) is 22.8 Å². The maximum atomic E-state index is 11.9. The number of carbonyl (C=O) groups is 1. The molecule has 0 amide bonds. The molecular weight excluding hydrogens is 380 g/mol. The van der Waals surface area contributed by atoms with E-state index in [9.17, 15) is 4.79 Å². The van der Waals surface area contributed by atoms with Crippen LogP contribution >= 0.6 is 0 Å². The number of ketones is 1. The van der Waals surface area contributed by atoms with Crippen molar-refractivity contribution >= 4 is 23.1 Å². The number of Topliss-reactive ketones (excluding diaryl/α,β-unsaturated/α-hetero) is 1. The van der Waals surface area contributed by atoms with Crippen molar-refractivity contribution in [2.45, 2.75) is 13.3 Å². The number of carbonyl (C=O) groups excluding carboxylic acids is 1. The van der Waals surface area contributed by atoms with Crippen LogP contribution in [0.3, 0.4) is 0 Å². The number of methoxy groups -OCH3 is 2. The number of hydrogen-bond acceptors (Lipinski definition) is 6. The summed E-state index contributed by atoms with van der Waals surface area (Å²) in [5.41, 5.74) is 3.91. The summed E-state index contributed by atoms with van der Waals surface area (Å²) < 4.78 is 12.6. The maximum Gasteiger partial charge on any atom is 0.213 e. The first-order valence-corrected chi connectivity index (χ1v) is 9.59. The van der Waals surface area contributed by atoms with Crippen molar-refractivity contribution in [2.75, 3.05) is 19.5 Å². The van der Waals surface area contributed by atoms with Crippen LogP contribution in [-0.2, 0) is 0 Å². The van der Waals surface area contributed by atoms with Gasteiger partial charge in [-0.2, -0.15) is 0 Å². The zero-order chi connectivity index (χ0) is 21.1. The molecular formula is C23H22N4O3. The minimum absolute atomic E-state index is 0.118. The van der Waals surface area contributed by atoms with Crippen molar-refractivity contribution in [3.63, 3.8) is 0 Å². The van der Waals surface area contributed by atoms with Gasteiger partial charge in [-0.25, -0.2) is 9.97 Å². The Morgan fingerprint density at radius 2 is 1.80 bits per heavy atom. The number of ether oxygens (including phenoxy) is 2. The van der Waals surface area contributed by atoms with E-state index in [4.69, 9.17) is 14.5 Å². The van der Waals surface area contributed by atoms with E-state index in [2.05, 4.69) is 10.3 Å². The second-order valence-corrected chi connectivity index (χ2v) is 6.67. The normalized spacial score (nSPS) is 10.8. The van der Waals surface area contributed by atoms with Crippen molar-refractivity contribution in [3.05, 3.63) is 66.5 Å². The first-order chi connectivity index (χ1) is 14.6. The lowest BCUT2D eigenvalue weighted by Gasteiger charge is -2.12. The van der Waals surface area contributed by atoms with Crippen LogP contribution in [0, 0.1) is 0 Å². The van der Waals surface area contributed by atoms with Crippen LogP contribution in [0.1, 0.15) is 23.7 Å². The van der Waals surface area contributed by atoms with Crippen LogP contribution in [0.2, 0.25) is 0 Å². The Morgan fingerprint density at radius 1 is 1.03 bits per heavy atom. The molecule has 0 radical (unpaired) electrons. The van der Waals surface area contributed by atoms with Gasteiger partial charge in [0.2, 0.25) is 5.95 Å². The van der Waals surface area contributed by atoms with Crippen LogP contribution in [0.4, 0.5) is 11.6 Å². The van der Waals surface area contributed by atoms with E-state index in [1.54, 1.807) is 20.4 Å². The summed E-state index contributed by atoms with van der Waals surface area (Å²) in [7, 11) is 3.21. The molecule has 2 heterocycles. The van der Waals surface area contributed by atoms with Gasteiger partial charge in [-0.15, -0.1) is 0 Å². The van der Waals surface area contributed by atoms with Gasteiger partial charge in [0.15, 0.2) is 17.3 Å². The fraction of sp³-hybridized carbons (Fsp3) is 0.174. The molecule has 0 aliphatic rings. The molecule has 2 aromatic carbocycles. The molecule has 1 N–H and O–H groups in total. The molecule has 4 rings (SSSR count). The van der Waals surface area contributed by atoms with E-state index >= 15 is 0 Å². The van der Waals surface area contributed by atoms with Gasteiger partial charge < -0.3 is 14.8 Å². The van der Waals surface area contributed by atoms with Gasteiger partial charge in [-0.05, 0) is 42.5 Å². The zero-order valence-electron chi connectivity index (χ0n) is 17.0. The SMILES string of the molecule is CCC(=O)c1ccc(Nc2nc(-c3ccc(OC)c(OC)c3)cc3nccn23)cc1. The van der Waals surface area contributed by atoms with Crippen molar-refractivity contribution in [2.24, 2.45) is 0 Å². The molecule has 0 fully saturated rings. The standard InChI is InChI=1S/C23H22N4O3/c1-4-19(28)15-5-8-17(9-6-15)25-23-26-18(14-22-24-11-12-27(22)23)16-7-10-20(29-2)21(13-16)30-3/h5-14H,4H2,1-3H3,(H,25,26). The molecule has 0 atom stereocenters. The summed E-state index contributed by atoms with van der Waals surface area (Å²) in [6, 6.07) is 15.0. The van der Waals surface area contributed by atoms with Gasteiger partial charge in [0, 0.05) is 41.7 Å². The summed E-state index contributed by atoms with van der Waals surface area (Å²) in [5, 5.41) is 3.32. The molecule has 7 nitrogen and oxygen atoms in total. The summed E-state index contributed by atoms with van der Waals surface area (Å²) >= 11 is 0. The quantitative estimate of drug-likeness (QED) is 0.450. The third kappa shape index (κ3) is 3.69. The van der Waals surface area contributed by atoms with E-state index in [1.807, 2.05) is 66.1 Å². The minimum atomic E-state index is 0.118. The van der Waals surface area contributed by atoms with Gasteiger partial charge in [-0.3, -0.25) is 9.20 Å². The smallest absolute Gasteiger partial charge is 0.213 e. The number of benzene rings is 2. The summed E-state index contributed by atoms with van der Waals surface area (Å²) in [5.74, 6) is 2.02. The summed E-state index contributed by atoms with van der Waals surface area (Å²) in [4.78, 5) is 21.1. The zero-order valence-corrected chi connectivity index (χ0v) is 17.0. The average Bonchev–Trinajstić information content (AvgIpc) is 3.27. The van der Waals surface area contributed by atoms with E-state index in [-0.39, 0.29) is 5.78 Å². The van der Waals surface area contributed by atoms with Crippen LogP contribution in [-0.4, -0.2) is 34.4 Å². The van der Waals surface area contributed by atoms with Crippen LogP contribution < -0.4 is 14.8 Å².